The van der Waals surface area contributed by atoms with Gasteiger partial charge in [0.25, 0.3) is 0 Å². The lowest BCUT2D eigenvalue weighted by Crippen LogP contribution is -2.43. The van der Waals surface area contributed by atoms with Crippen LogP contribution in [0, 0.1) is 0 Å². The first-order chi connectivity index (χ1) is 12.5. The summed E-state index contributed by atoms with van der Waals surface area (Å²) in [5, 5.41) is 2.86. The number of hydrogen-bond donors (Lipinski definition) is 2. The number of aliphatic imine (C=N–C) groups is 1. The average Bonchev–Trinajstić information content (AvgIpc) is 2.66. The molecule has 1 aliphatic rings. The predicted octanol–water partition coefficient (Wildman–Crippen LogP) is 1.10. The molecule has 0 saturated carbocycles. The number of ether oxygens (including phenoxy) is 2. The molecule has 0 bridgehead atoms. The summed E-state index contributed by atoms with van der Waals surface area (Å²) in [6, 6.07) is 5.50. The maximum atomic E-state index is 12.2. The molecule has 1 aromatic carbocycles. The van der Waals surface area contributed by atoms with Crippen LogP contribution in [0.4, 0.5) is 0 Å². The lowest BCUT2D eigenvalue weighted by atomic mass is 10.2. The van der Waals surface area contributed by atoms with Gasteiger partial charge in [0, 0.05) is 31.1 Å². The molecule has 1 saturated heterocycles. The van der Waals surface area contributed by atoms with E-state index >= 15 is 0 Å². The molecule has 1 fully saturated rings. The van der Waals surface area contributed by atoms with Crippen LogP contribution in [0.2, 0.25) is 0 Å². The first-order valence-corrected chi connectivity index (χ1v) is 11.0. The normalized spacial score (nSPS) is 15.7. The third kappa shape index (κ3) is 7.54. The summed E-state index contributed by atoms with van der Waals surface area (Å²) in [6.45, 7) is 1.74. The molecule has 0 aromatic heterocycles. The average molecular weight is 530 g/mol. The molecule has 8 nitrogen and oxygen atoms in total. The third-order valence-corrected chi connectivity index (χ3v) is 6.72. The number of nitrogens with one attached hydrogen (secondary N) is 1. The summed E-state index contributed by atoms with van der Waals surface area (Å²) in [5.74, 6) is 3.18. The van der Waals surface area contributed by atoms with Crippen molar-refractivity contribution in [2.24, 2.45) is 10.7 Å². The van der Waals surface area contributed by atoms with Crippen molar-refractivity contribution < 1.29 is 17.9 Å². The van der Waals surface area contributed by atoms with Crippen molar-refractivity contribution in [2.45, 2.75) is 6.54 Å². The van der Waals surface area contributed by atoms with Crippen LogP contribution >= 0.6 is 35.7 Å². The Bertz CT molecular complexity index is 725. The Morgan fingerprint density at radius 3 is 2.56 bits per heavy atom. The monoisotopic (exact) mass is 530 g/mol. The van der Waals surface area contributed by atoms with E-state index in [2.05, 4.69) is 10.3 Å². The fourth-order valence-electron chi connectivity index (χ4n) is 2.47. The Morgan fingerprint density at radius 1 is 1.26 bits per heavy atom. The molecular weight excluding hydrogens is 503 g/mol. The zero-order valence-electron chi connectivity index (χ0n) is 15.5. The van der Waals surface area contributed by atoms with E-state index < -0.39 is 10.0 Å². The summed E-state index contributed by atoms with van der Waals surface area (Å²) >= 11 is 1.78. The van der Waals surface area contributed by atoms with Gasteiger partial charge in [-0.1, -0.05) is 6.07 Å². The smallest absolute Gasteiger partial charge is 0.215 e. The molecule has 0 amide bonds. The Kier molecular flexibility index (Phi) is 10.6. The molecule has 0 atom stereocenters. The third-order valence-electron chi connectivity index (χ3n) is 3.91. The van der Waals surface area contributed by atoms with Gasteiger partial charge in [0.2, 0.25) is 10.0 Å². The zero-order chi connectivity index (χ0) is 19.0. The Morgan fingerprint density at radius 2 is 1.93 bits per heavy atom. The van der Waals surface area contributed by atoms with Crippen LogP contribution in [0.15, 0.2) is 23.2 Å². The Hall–Kier alpha value is -0.920. The summed E-state index contributed by atoms with van der Waals surface area (Å²) in [7, 11) is -0.0968. The molecule has 1 heterocycles. The first-order valence-electron chi connectivity index (χ1n) is 8.26. The van der Waals surface area contributed by atoms with Gasteiger partial charge < -0.3 is 20.5 Å². The Labute approximate surface area is 182 Å². The maximum absolute atomic E-state index is 12.2. The quantitative estimate of drug-likeness (QED) is 0.295. The van der Waals surface area contributed by atoms with Gasteiger partial charge in [0.1, 0.15) is 0 Å². The van der Waals surface area contributed by atoms with E-state index in [0.717, 1.165) is 17.1 Å². The molecule has 154 valence electrons. The van der Waals surface area contributed by atoms with Gasteiger partial charge in [-0.15, -0.1) is 24.0 Å². The number of nitrogens with two attached hydrogens (primary N) is 1. The van der Waals surface area contributed by atoms with Crippen LogP contribution in [-0.4, -0.2) is 69.8 Å². The van der Waals surface area contributed by atoms with Crippen LogP contribution in [0.25, 0.3) is 0 Å². The molecule has 0 unspecified atom stereocenters. The van der Waals surface area contributed by atoms with Crippen molar-refractivity contribution in [3.8, 4) is 11.5 Å². The standard InChI is InChI=1S/C16H26N4O4S2.HI/c1-23-14-4-3-13(11-15(14)24-2)12-19-16(17)18-5-10-26(21,22)20-6-8-25-9-7-20;/h3-4,11H,5-10,12H2,1-2H3,(H3,17,18,19);1H. The first kappa shape index (κ1) is 24.1. The van der Waals surface area contributed by atoms with Crippen LogP contribution in [-0.2, 0) is 16.6 Å². The zero-order valence-corrected chi connectivity index (χ0v) is 19.5. The van der Waals surface area contributed by atoms with E-state index in [1.54, 1.807) is 36.4 Å². The summed E-state index contributed by atoms with van der Waals surface area (Å²) in [4.78, 5) is 4.23. The molecule has 0 aliphatic carbocycles. The van der Waals surface area contributed by atoms with Crippen LogP contribution in [0.1, 0.15) is 5.56 Å². The predicted molar refractivity (Wildman–Crippen MR) is 121 cm³/mol. The maximum Gasteiger partial charge on any atom is 0.215 e. The lowest BCUT2D eigenvalue weighted by molar-refractivity contribution is 0.354. The van der Waals surface area contributed by atoms with Gasteiger partial charge in [-0.25, -0.2) is 17.7 Å². The lowest BCUT2D eigenvalue weighted by Gasteiger charge is -2.25. The van der Waals surface area contributed by atoms with Crippen molar-refractivity contribution in [1.82, 2.24) is 9.62 Å². The SMILES string of the molecule is COc1ccc(CN=C(N)NCCS(=O)(=O)N2CCSCC2)cc1OC.I. The van der Waals surface area contributed by atoms with Gasteiger partial charge >= 0.3 is 0 Å². The van der Waals surface area contributed by atoms with E-state index in [1.807, 2.05) is 12.1 Å². The van der Waals surface area contributed by atoms with Crippen molar-refractivity contribution in [3.05, 3.63) is 23.8 Å². The molecule has 1 aliphatic heterocycles. The topological polar surface area (TPSA) is 106 Å². The number of rotatable bonds is 8. The largest absolute Gasteiger partial charge is 0.493 e. The minimum atomic E-state index is -3.25. The van der Waals surface area contributed by atoms with Crippen molar-refractivity contribution in [2.75, 3.05) is 51.1 Å². The van der Waals surface area contributed by atoms with Crippen molar-refractivity contribution in [1.29, 1.82) is 0 Å². The van der Waals surface area contributed by atoms with Gasteiger partial charge in [-0.3, -0.25) is 0 Å². The van der Waals surface area contributed by atoms with Gasteiger partial charge in [0.05, 0.1) is 26.5 Å². The number of thioether (sulfide) groups is 1. The van der Waals surface area contributed by atoms with E-state index in [1.165, 1.54) is 0 Å². The number of nitrogens with zero attached hydrogens (tertiary/aromatic N) is 2. The molecule has 27 heavy (non-hydrogen) atoms. The summed E-state index contributed by atoms with van der Waals surface area (Å²) in [5.41, 5.74) is 6.74. The summed E-state index contributed by atoms with van der Waals surface area (Å²) in [6.07, 6.45) is 0. The number of benzene rings is 1. The van der Waals surface area contributed by atoms with Gasteiger partial charge in [-0.05, 0) is 17.7 Å². The second-order valence-electron chi connectivity index (χ2n) is 5.65. The van der Waals surface area contributed by atoms with Crippen molar-refractivity contribution >= 4 is 51.7 Å². The molecule has 2 rings (SSSR count). The van der Waals surface area contributed by atoms with E-state index in [9.17, 15) is 8.42 Å². The second-order valence-corrected chi connectivity index (χ2v) is 8.96. The number of sulfonamides is 1. The van der Waals surface area contributed by atoms with Gasteiger partial charge in [-0.2, -0.15) is 11.8 Å². The highest BCUT2D eigenvalue weighted by Crippen LogP contribution is 2.27. The minimum absolute atomic E-state index is 0. The minimum Gasteiger partial charge on any atom is -0.493 e. The van der Waals surface area contributed by atoms with E-state index in [0.29, 0.717) is 31.1 Å². The molecule has 1 aromatic rings. The van der Waals surface area contributed by atoms with Crippen molar-refractivity contribution in [3.63, 3.8) is 0 Å². The van der Waals surface area contributed by atoms with Crippen LogP contribution in [0.3, 0.4) is 0 Å². The summed E-state index contributed by atoms with van der Waals surface area (Å²) < 4.78 is 36.5. The van der Waals surface area contributed by atoms with E-state index in [-0.39, 0.29) is 42.2 Å². The van der Waals surface area contributed by atoms with Crippen LogP contribution < -0.4 is 20.5 Å². The highest BCUT2D eigenvalue weighted by molar-refractivity contribution is 14.0. The molecular formula is C16H27IN4O4S2. The molecule has 0 radical (unpaired) electrons. The Balaban J connectivity index is 0.00000364. The number of hydrogen-bond acceptors (Lipinski definition) is 6. The fraction of sp³-hybridized carbons (Fsp3) is 0.562. The molecule has 11 heteroatoms. The highest BCUT2D eigenvalue weighted by Gasteiger charge is 2.23. The van der Waals surface area contributed by atoms with Gasteiger partial charge in [0.15, 0.2) is 17.5 Å². The number of guanidine groups is 1. The van der Waals surface area contributed by atoms with E-state index in [4.69, 9.17) is 15.2 Å². The molecule has 3 N–H and O–H groups in total. The number of halogens is 1. The molecule has 0 spiro atoms. The highest BCUT2D eigenvalue weighted by atomic mass is 127. The second kappa shape index (κ2) is 11.8. The fourth-order valence-corrected chi connectivity index (χ4v) is 4.96. The number of methoxy groups -OCH3 is 2. The van der Waals surface area contributed by atoms with Crippen LogP contribution in [0.5, 0.6) is 11.5 Å².